The molecule has 0 amide bonds. The van der Waals surface area contributed by atoms with Gasteiger partial charge in [-0.3, -0.25) is 0 Å². The van der Waals surface area contributed by atoms with Crippen LogP contribution in [0.1, 0.15) is 36.7 Å². The lowest BCUT2D eigenvalue weighted by atomic mass is 9.99. The molecule has 0 spiro atoms. The summed E-state index contributed by atoms with van der Waals surface area (Å²) in [4.78, 5) is 0. The van der Waals surface area contributed by atoms with Crippen molar-refractivity contribution in [3.05, 3.63) is 53.4 Å². The molecule has 1 aromatic rings. The Morgan fingerprint density at radius 2 is 2.12 bits per heavy atom. The fourth-order valence-electron chi connectivity index (χ4n) is 2.35. The molecule has 1 heterocycles. The van der Waals surface area contributed by atoms with Gasteiger partial charge < -0.3 is 0 Å². The summed E-state index contributed by atoms with van der Waals surface area (Å²) < 4.78 is 0. The van der Waals surface area contributed by atoms with Crippen LogP contribution in [0.25, 0.3) is 5.57 Å². The van der Waals surface area contributed by atoms with Crippen LogP contribution in [0.5, 0.6) is 0 Å². The molecule has 1 aromatic heterocycles. The van der Waals surface area contributed by atoms with Crippen LogP contribution < -0.4 is 0 Å². The van der Waals surface area contributed by atoms with Crippen LogP contribution in [0.2, 0.25) is 0 Å². The van der Waals surface area contributed by atoms with E-state index in [1.165, 1.54) is 16.7 Å². The molecule has 1 aliphatic carbocycles. The first-order chi connectivity index (χ1) is 8.26. The van der Waals surface area contributed by atoms with Crippen LogP contribution in [0.3, 0.4) is 0 Å². The summed E-state index contributed by atoms with van der Waals surface area (Å²) in [6.07, 6.45) is 9.40. The van der Waals surface area contributed by atoms with Gasteiger partial charge in [0.25, 0.3) is 0 Å². The van der Waals surface area contributed by atoms with E-state index in [0.717, 1.165) is 30.7 Å². The van der Waals surface area contributed by atoms with Crippen LogP contribution in [0.4, 0.5) is 0 Å². The fraction of sp³-hybridized carbons (Fsp3) is 0.333. The molecule has 2 heteroatoms. The summed E-state index contributed by atoms with van der Waals surface area (Å²) in [5, 5.41) is 8.55. The summed E-state index contributed by atoms with van der Waals surface area (Å²) in [7, 11) is 0. The first kappa shape index (κ1) is 11.8. The van der Waals surface area contributed by atoms with Gasteiger partial charge in [0, 0.05) is 5.57 Å². The van der Waals surface area contributed by atoms with Crippen LogP contribution in [-0.2, 0) is 6.42 Å². The van der Waals surface area contributed by atoms with E-state index >= 15 is 0 Å². The summed E-state index contributed by atoms with van der Waals surface area (Å²) in [6.45, 7) is 7.84. The maximum Gasteiger partial charge on any atom is 0.0961 e. The standard InChI is InChI=1S/C15H18N2/c1-4-7-12-8-6-9-13-10-11(3)16-17-15(13)14(12)5-2/h4-5,7,10H,1,6,8-9H2,2-3H3/b12-7-,14-5+. The quantitative estimate of drug-likeness (QED) is 0.683. The number of rotatable bonds is 1. The number of nitrogens with zero attached hydrogens (tertiary/aromatic N) is 2. The van der Waals surface area contributed by atoms with Crippen LogP contribution in [-0.4, -0.2) is 10.2 Å². The van der Waals surface area contributed by atoms with Gasteiger partial charge in [0.2, 0.25) is 0 Å². The van der Waals surface area contributed by atoms with Crippen molar-refractivity contribution in [1.82, 2.24) is 10.2 Å². The highest BCUT2D eigenvalue weighted by atomic mass is 15.1. The van der Waals surface area contributed by atoms with E-state index < -0.39 is 0 Å². The van der Waals surface area contributed by atoms with Crippen molar-refractivity contribution < 1.29 is 0 Å². The summed E-state index contributed by atoms with van der Waals surface area (Å²) >= 11 is 0. The molecular weight excluding hydrogens is 208 g/mol. The minimum Gasteiger partial charge on any atom is -0.155 e. The van der Waals surface area contributed by atoms with Gasteiger partial charge in [-0.15, -0.1) is 5.10 Å². The third-order valence-corrected chi connectivity index (χ3v) is 3.10. The van der Waals surface area contributed by atoms with Crippen molar-refractivity contribution in [2.45, 2.75) is 33.1 Å². The molecule has 0 bridgehead atoms. The molecule has 0 saturated carbocycles. The van der Waals surface area contributed by atoms with Gasteiger partial charge in [0.15, 0.2) is 0 Å². The highest BCUT2D eigenvalue weighted by molar-refractivity contribution is 5.79. The second kappa shape index (κ2) is 5.09. The first-order valence-corrected chi connectivity index (χ1v) is 6.08. The van der Waals surface area contributed by atoms with Gasteiger partial charge in [-0.05, 0) is 50.3 Å². The zero-order valence-corrected chi connectivity index (χ0v) is 10.5. The highest BCUT2D eigenvalue weighted by Crippen LogP contribution is 2.32. The van der Waals surface area contributed by atoms with Gasteiger partial charge >= 0.3 is 0 Å². The Bertz CT molecular complexity index is 496. The van der Waals surface area contributed by atoms with Crippen molar-refractivity contribution in [3.63, 3.8) is 0 Å². The van der Waals surface area contributed by atoms with Crippen molar-refractivity contribution >= 4 is 5.57 Å². The van der Waals surface area contributed by atoms with E-state index in [-0.39, 0.29) is 0 Å². The lowest BCUT2D eigenvalue weighted by molar-refractivity contribution is 0.827. The first-order valence-electron chi connectivity index (χ1n) is 6.08. The zero-order valence-electron chi connectivity index (χ0n) is 10.5. The number of hydrogen-bond acceptors (Lipinski definition) is 2. The topological polar surface area (TPSA) is 25.8 Å². The van der Waals surface area contributed by atoms with Gasteiger partial charge in [-0.25, -0.2) is 0 Å². The van der Waals surface area contributed by atoms with Gasteiger partial charge in [-0.2, -0.15) is 5.10 Å². The third-order valence-electron chi connectivity index (χ3n) is 3.10. The van der Waals surface area contributed by atoms with Crippen molar-refractivity contribution in [3.8, 4) is 0 Å². The Hall–Kier alpha value is -1.70. The number of allylic oxidation sites excluding steroid dienone is 5. The average molecular weight is 226 g/mol. The average Bonchev–Trinajstić information content (AvgIpc) is 2.48. The molecule has 0 aromatic carbocycles. The summed E-state index contributed by atoms with van der Waals surface area (Å²) in [5.41, 5.74) is 5.89. The predicted octanol–water partition coefficient (Wildman–Crippen LogP) is 3.64. The Morgan fingerprint density at radius 3 is 2.82 bits per heavy atom. The number of fused-ring (bicyclic) bond motifs is 1. The molecule has 0 unspecified atom stereocenters. The van der Waals surface area contributed by atoms with E-state index in [9.17, 15) is 0 Å². The number of aryl methyl sites for hydroxylation is 2. The number of hydrogen-bond donors (Lipinski definition) is 0. The smallest absolute Gasteiger partial charge is 0.0961 e. The van der Waals surface area contributed by atoms with Crippen molar-refractivity contribution in [2.24, 2.45) is 0 Å². The Kier molecular flexibility index (Phi) is 3.52. The monoisotopic (exact) mass is 226 g/mol. The maximum atomic E-state index is 4.37. The molecule has 2 nitrogen and oxygen atoms in total. The summed E-state index contributed by atoms with van der Waals surface area (Å²) in [5.74, 6) is 0. The van der Waals surface area contributed by atoms with Gasteiger partial charge in [0.05, 0.1) is 11.4 Å². The Labute approximate surface area is 103 Å². The lowest BCUT2D eigenvalue weighted by Gasteiger charge is -2.09. The largest absolute Gasteiger partial charge is 0.155 e. The fourth-order valence-corrected chi connectivity index (χ4v) is 2.35. The van der Waals surface area contributed by atoms with E-state index in [4.69, 9.17) is 0 Å². The molecular formula is C15H18N2. The molecule has 0 fully saturated rings. The van der Waals surface area contributed by atoms with Gasteiger partial charge in [-0.1, -0.05) is 24.8 Å². The van der Waals surface area contributed by atoms with Crippen LogP contribution in [0.15, 0.2) is 36.4 Å². The third kappa shape index (κ3) is 2.36. The van der Waals surface area contributed by atoms with Crippen LogP contribution >= 0.6 is 0 Å². The van der Waals surface area contributed by atoms with E-state index in [1.807, 2.05) is 13.0 Å². The lowest BCUT2D eigenvalue weighted by Crippen LogP contribution is -1.99. The molecule has 0 radical (unpaired) electrons. The Balaban J connectivity index is 2.56. The minimum atomic E-state index is 0.996. The molecule has 0 aliphatic heterocycles. The van der Waals surface area contributed by atoms with Crippen LogP contribution in [0, 0.1) is 6.92 Å². The molecule has 0 N–H and O–H groups in total. The Morgan fingerprint density at radius 1 is 1.29 bits per heavy atom. The molecule has 0 saturated heterocycles. The van der Waals surface area contributed by atoms with Crippen molar-refractivity contribution in [2.75, 3.05) is 0 Å². The molecule has 17 heavy (non-hydrogen) atoms. The SMILES string of the molecule is C=C/C=C1/CCCc2cc(C)nnc2/C1=C/C. The van der Waals surface area contributed by atoms with E-state index in [1.54, 1.807) is 0 Å². The molecule has 2 rings (SSSR count). The second-order valence-corrected chi connectivity index (χ2v) is 4.34. The summed E-state index contributed by atoms with van der Waals surface area (Å²) in [6, 6.07) is 2.16. The van der Waals surface area contributed by atoms with E-state index in [2.05, 4.69) is 41.9 Å². The molecule has 1 aliphatic rings. The highest BCUT2D eigenvalue weighted by Gasteiger charge is 2.17. The minimum absolute atomic E-state index is 0.996. The number of aromatic nitrogens is 2. The van der Waals surface area contributed by atoms with Crippen molar-refractivity contribution in [1.29, 1.82) is 0 Å². The normalized spacial score (nSPS) is 20.1. The second-order valence-electron chi connectivity index (χ2n) is 4.34. The van der Waals surface area contributed by atoms with Gasteiger partial charge in [0.1, 0.15) is 0 Å². The maximum absolute atomic E-state index is 4.37. The zero-order chi connectivity index (χ0) is 12.3. The predicted molar refractivity (Wildman–Crippen MR) is 71.6 cm³/mol. The van der Waals surface area contributed by atoms with E-state index in [0.29, 0.717) is 0 Å². The molecule has 0 atom stereocenters. The molecule has 88 valence electrons.